The van der Waals surface area contributed by atoms with Gasteiger partial charge >= 0.3 is 0 Å². The zero-order valence-corrected chi connectivity index (χ0v) is 13.4. The van der Waals surface area contributed by atoms with Crippen molar-refractivity contribution < 1.29 is 9.59 Å². The number of nitrogens with one attached hydrogen (secondary N) is 2. The van der Waals surface area contributed by atoms with Crippen LogP contribution in [-0.4, -0.2) is 48.4 Å². The number of carbonyl (C=O) groups is 2. The van der Waals surface area contributed by atoms with E-state index in [9.17, 15) is 9.59 Å². The van der Waals surface area contributed by atoms with E-state index in [1.54, 1.807) is 4.90 Å². The molecule has 2 aliphatic rings. The van der Waals surface area contributed by atoms with Crippen molar-refractivity contribution >= 4 is 11.8 Å². The lowest BCUT2D eigenvalue weighted by molar-refractivity contribution is -0.143. The molecular weight excluding hydrogens is 266 g/mol. The Morgan fingerprint density at radius 2 is 2.19 bits per heavy atom. The highest BCUT2D eigenvalue weighted by molar-refractivity contribution is 5.88. The first kappa shape index (κ1) is 16.3. The molecule has 5 heteroatoms. The third-order valence-corrected chi connectivity index (χ3v) is 4.42. The zero-order valence-electron chi connectivity index (χ0n) is 13.4. The van der Waals surface area contributed by atoms with E-state index in [2.05, 4.69) is 24.5 Å². The minimum atomic E-state index is -0.292. The van der Waals surface area contributed by atoms with Crippen molar-refractivity contribution in [2.24, 2.45) is 5.92 Å². The highest BCUT2D eigenvalue weighted by atomic mass is 16.2. The summed E-state index contributed by atoms with van der Waals surface area (Å²) < 4.78 is 0. The Labute approximate surface area is 127 Å². The molecule has 0 aliphatic carbocycles. The lowest BCUT2D eigenvalue weighted by Gasteiger charge is -2.35. The van der Waals surface area contributed by atoms with Crippen molar-refractivity contribution in [2.45, 2.75) is 64.5 Å². The molecule has 2 amide bonds. The van der Waals surface area contributed by atoms with Crippen LogP contribution >= 0.6 is 0 Å². The van der Waals surface area contributed by atoms with Crippen LogP contribution in [0.4, 0.5) is 0 Å². The molecule has 2 aliphatic heterocycles. The summed E-state index contributed by atoms with van der Waals surface area (Å²) >= 11 is 0. The molecule has 0 spiro atoms. The highest BCUT2D eigenvalue weighted by Gasteiger charge is 2.32. The molecule has 0 aromatic rings. The summed E-state index contributed by atoms with van der Waals surface area (Å²) in [7, 11) is 0. The minimum Gasteiger partial charge on any atom is -0.353 e. The van der Waals surface area contributed by atoms with Crippen molar-refractivity contribution in [1.29, 1.82) is 0 Å². The average molecular weight is 295 g/mol. The summed E-state index contributed by atoms with van der Waals surface area (Å²) in [6.45, 7) is 6.65. The van der Waals surface area contributed by atoms with Crippen LogP contribution in [-0.2, 0) is 9.59 Å². The topological polar surface area (TPSA) is 61.4 Å². The molecule has 0 aromatic heterocycles. The molecule has 2 N–H and O–H groups in total. The number of likely N-dealkylation sites (tertiary alicyclic amines) is 1. The number of rotatable bonds is 6. The van der Waals surface area contributed by atoms with E-state index in [-0.39, 0.29) is 17.9 Å². The van der Waals surface area contributed by atoms with Crippen LogP contribution in [0.2, 0.25) is 0 Å². The van der Waals surface area contributed by atoms with Gasteiger partial charge in [-0.25, -0.2) is 0 Å². The second kappa shape index (κ2) is 7.78. The molecule has 2 unspecified atom stereocenters. The van der Waals surface area contributed by atoms with E-state index in [0.29, 0.717) is 24.9 Å². The molecule has 5 nitrogen and oxygen atoms in total. The summed E-state index contributed by atoms with van der Waals surface area (Å²) in [6.07, 6.45) is 5.61. The molecule has 2 atom stereocenters. The monoisotopic (exact) mass is 295 g/mol. The van der Waals surface area contributed by atoms with Crippen LogP contribution in [0.15, 0.2) is 0 Å². The first-order valence-corrected chi connectivity index (χ1v) is 8.38. The Morgan fingerprint density at radius 3 is 2.81 bits per heavy atom. The molecule has 120 valence electrons. The van der Waals surface area contributed by atoms with Gasteiger partial charge in [0, 0.05) is 25.6 Å². The van der Waals surface area contributed by atoms with Crippen molar-refractivity contribution in [1.82, 2.24) is 15.5 Å². The van der Waals surface area contributed by atoms with Crippen LogP contribution in [0.25, 0.3) is 0 Å². The number of amides is 2. The Balaban J connectivity index is 1.93. The van der Waals surface area contributed by atoms with Gasteiger partial charge in [0.25, 0.3) is 0 Å². The van der Waals surface area contributed by atoms with Gasteiger partial charge in [-0.3, -0.25) is 9.59 Å². The molecular formula is C16H29N3O2. The Kier molecular flexibility index (Phi) is 6.03. The van der Waals surface area contributed by atoms with E-state index in [4.69, 9.17) is 0 Å². The maximum atomic E-state index is 12.5. The normalized spacial score (nSPS) is 24.4. The van der Waals surface area contributed by atoms with Gasteiger partial charge in [-0.15, -0.1) is 0 Å². The van der Waals surface area contributed by atoms with Gasteiger partial charge in [0.1, 0.15) is 6.04 Å². The van der Waals surface area contributed by atoms with Crippen molar-refractivity contribution in [3.8, 4) is 0 Å². The van der Waals surface area contributed by atoms with Gasteiger partial charge in [0.2, 0.25) is 11.8 Å². The maximum absolute atomic E-state index is 12.5. The number of hydrogen-bond acceptors (Lipinski definition) is 3. The van der Waals surface area contributed by atoms with Gasteiger partial charge in [0.15, 0.2) is 0 Å². The third-order valence-electron chi connectivity index (χ3n) is 4.42. The van der Waals surface area contributed by atoms with Crippen LogP contribution in [0.5, 0.6) is 0 Å². The van der Waals surface area contributed by atoms with Crippen LogP contribution in [0.3, 0.4) is 0 Å². The van der Waals surface area contributed by atoms with E-state index in [0.717, 1.165) is 38.8 Å². The first-order valence-electron chi connectivity index (χ1n) is 8.38. The predicted octanol–water partition coefficient (Wildman–Crippen LogP) is 1.28. The molecule has 0 bridgehead atoms. The lowest BCUT2D eigenvalue weighted by atomic mass is 9.98. The third kappa shape index (κ3) is 4.70. The van der Waals surface area contributed by atoms with Gasteiger partial charge in [-0.2, -0.15) is 0 Å². The predicted molar refractivity (Wildman–Crippen MR) is 82.8 cm³/mol. The highest BCUT2D eigenvalue weighted by Crippen LogP contribution is 2.19. The van der Waals surface area contributed by atoms with E-state index in [1.165, 1.54) is 6.42 Å². The second-order valence-corrected chi connectivity index (χ2v) is 6.73. The van der Waals surface area contributed by atoms with E-state index in [1.807, 2.05) is 0 Å². The van der Waals surface area contributed by atoms with Crippen molar-refractivity contribution in [2.75, 3.05) is 19.6 Å². The fourth-order valence-electron chi connectivity index (χ4n) is 3.25. The molecule has 0 saturated carbocycles. The largest absolute Gasteiger partial charge is 0.353 e. The van der Waals surface area contributed by atoms with Crippen LogP contribution < -0.4 is 10.6 Å². The van der Waals surface area contributed by atoms with Crippen molar-refractivity contribution in [3.63, 3.8) is 0 Å². The second-order valence-electron chi connectivity index (χ2n) is 6.73. The fraction of sp³-hybridized carbons (Fsp3) is 0.875. The van der Waals surface area contributed by atoms with Gasteiger partial charge in [-0.1, -0.05) is 13.8 Å². The summed E-state index contributed by atoms with van der Waals surface area (Å²) in [5.41, 5.74) is 0. The molecule has 2 rings (SSSR count). The molecule has 2 fully saturated rings. The van der Waals surface area contributed by atoms with Gasteiger partial charge in [-0.05, 0) is 44.6 Å². The molecule has 21 heavy (non-hydrogen) atoms. The van der Waals surface area contributed by atoms with Crippen LogP contribution in [0.1, 0.15) is 52.4 Å². The van der Waals surface area contributed by atoms with Crippen molar-refractivity contribution in [3.05, 3.63) is 0 Å². The molecule has 0 aromatic carbocycles. The smallest absolute Gasteiger partial charge is 0.242 e. The molecule has 2 saturated heterocycles. The van der Waals surface area contributed by atoms with E-state index < -0.39 is 0 Å². The van der Waals surface area contributed by atoms with E-state index >= 15 is 0 Å². The summed E-state index contributed by atoms with van der Waals surface area (Å²) in [5.74, 6) is 0.564. The van der Waals surface area contributed by atoms with Gasteiger partial charge in [0.05, 0.1) is 0 Å². The Hall–Kier alpha value is -1.10. The minimum absolute atomic E-state index is 0.0210. The maximum Gasteiger partial charge on any atom is 0.242 e. The lowest BCUT2D eigenvalue weighted by Crippen LogP contribution is -2.53. The SMILES string of the molecule is CC(C)CC(C(=O)NCC1CCCN1)N1CCCCC1=O. The first-order chi connectivity index (χ1) is 10.1. The molecule has 2 heterocycles. The summed E-state index contributed by atoms with van der Waals surface area (Å²) in [4.78, 5) is 26.5. The summed E-state index contributed by atoms with van der Waals surface area (Å²) in [6, 6.07) is 0.102. The number of nitrogens with zero attached hydrogens (tertiary/aromatic N) is 1. The van der Waals surface area contributed by atoms with Crippen LogP contribution in [0, 0.1) is 5.92 Å². The zero-order chi connectivity index (χ0) is 15.2. The molecule has 0 radical (unpaired) electrons. The Morgan fingerprint density at radius 1 is 1.38 bits per heavy atom. The number of carbonyl (C=O) groups excluding carboxylic acids is 2. The average Bonchev–Trinajstić information content (AvgIpc) is 2.96. The van der Waals surface area contributed by atoms with Gasteiger partial charge < -0.3 is 15.5 Å². The quantitative estimate of drug-likeness (QED) is 0.776. The Bertz CT molecular complexity index is 365. The number of piperidine rings is 1. The standard InChI is InChI=1S/C16H29N3O2/c1-12(2)10-14(19-9-4-3-7-15(19)20)16(21)18-11-13-6-5-8-17-13/h12-14,17H,3-11H2,1-2H3,(H,18,21). The summed E-state index contributed by atoms with van der Waals surface area (Å²) in [5, 5.41) is 6.44. The fourth-order valence-corrected chi connectivity index (χ4v) is 3.25. The number of hydrogen-bond donors (Lipinski definition) is 2.